The topological polar surface area (TPSA) is 46.5 Å². The maximum Gasteiger partial charge on any atom is 0.305 e. The minimum atomic E-state index is 0.00951. The maximum absolute atomic E-state index is 12.0. The van der Waals surface area contributed by atoms with Crippen molar-refractivity contribution in [1.29, 1.82) is 0 Å². The average Bonchev–Trinajstić information content (AvgIpc) is 3.25. The zero-order valence-electron chi connectivity index (χ0n) is 40.9. The van der Waals surface area contributed by atoms with Crippen molar-refractivity contribution in [1.82, 2.24) is 0 Å². The SMILES string of the molecule is CC/C=C\C/C=C\C/C=C\CCCCCCCC(=O)OCCCCCCCCCCCCCCCCCCCCCCCCCCCCCCCCCCCCCCCO. The molecule has 354 valence electrons. The van der Waals surface area contributed by atoms with Crippen LogP contribution in [0, 0.1) is 0 Å². The highest BCUT2D eigenvalue weighted by Gasteiger charge is 2.03. The van der Waals surface area contributed by atoms with E-state index in [-0.39, 0.29) is 5.97 Å². The van der Waals surface area contributed by atoms with Crippen molar-refractivity contribution in [3.8, 4) is 0 Å². The van der Waals surface area contributed by atoms with E-state index in [0.29, 0.717) is 19.6 Å². The molecule has 0 amide bonds. The second-order valence-electron chi connectivity index (χ2n) is 18.6. The summed E-state index contributed by atoms with van der Waals surface area (Å²) < 4.78 is 5.48. The lowest BCUT2D eigenvalue weighted by Gasteiger charge is -2.06. The van der Waals surface area contributed by atoms with E-state index >= 15 is 0 Å². The number of allylic oxidation sites excluding steroid dienone is 6. The van der Waals surface area contributed by atoms with Crippen LogP contribution in [0.15, 0.2) is 36.5 Å². The molecule has 60 heavy (non-hydrogen) atoms. The van der Waals surface area contributed by atoms with E-state index in [0.717, 1.165) is 44.9 Å². The van der Waals surface area contributed by atoms with Crippen LogP contribution in [0.1, 0.15) is 309 Å². The molecule has 0 bridgehead atoms. The molecule has 0 aromatic carbocycles. The Kier molecular flexibility index (Phi) is 54.4. The van der Waals surface area contributed by atoms with E-state index < -0.39 is 0 Å². The number of aliphatic hydroxyl groups excluding tert-OH is 1. The number of hydrogen-bond acceptors (Lipinski definition) is 3. The van der Waals surface area contributed by atoms with Gasteiger partial charge in [-0.3, -0.25) is 4.79 Å². The van der Waals surface area contributed by atoms with Gasteiger partial charge in [0.1, 0.15) is 0 Å². The van der Waals surface area contributed by atoms with Gasteiger partial charge in [-0.25, -0.2) is 0 Å². The predicted molar refractivity (Wildman–Crippen MR) is 268 cm³/mol. The Morgan fingerprint density at radius 1 is 0.333 bits per heavy atom. The van der Waals surface area contributed by atoms with Crippen molar-refractivity contribution in [3.05, 3.63) is 36.5 Å². The highest BCUT2D eigenvalue weighted by atomic mass is 16.5. The van der Waals surface area contributed by atoms with Crippen LogP contribution in [-0.4, -0.2) is 24.3 Å². The van der Waals surface area contributed by atoms with E-state index in [1.807, 2.05) is 0 Å². The third kappa shape index (κ3) is 54.7. The Bertz CT molecular complexity index is 874. The third-order valence-electron chi connectivity index (χ3n) is 12.6. The van der Waals surface area contributed by atoms with Crippen LogP contribution in [-0.2, 0) is 9.53 Å². The quantitative estimate of drug-likeness (QED) is 0.0377. The maximum atomic E-state index is 12.0. The van der Waals surface area contributed by atoms with Gasteiger partial charge in [-0.2, -0.15) is 0 Å². The monoisotopic (exact) mass is 841 g/mol. The molecule has 0 aromatic rings. The lowest BCUT2D eigenvalue weighted by atomic mass is 10.0. The molecular formula is C57H108O3. The first-order valence-electron chi connectivity index (χ1n) is 27.5. The lowest BCUT2D eigenvalue weighted by molar-refractivity contribution is -0.143. The van der Waals surface area contributed by atoms with E-state index in [1.54, 1.807) is 0 Å². The summed E-state index contributed by atoms with van der Waals surface area (Å²) in [5.41, 5.74) is 0. The number of unbranched alkanes of at least 4 members (excludes halogenated alkanes) is 41. The number of hydrogen-bond donors (Lipinski definition) is 1. The molecule has 1 N–H and O–H groups in total. The molecule has 0 fully saturated rings. The summed E-state index contributed by atoms with van der Waals surface area (Å²) in [6.07, 6.45) is 76.2. The number of esters is 1. The fourth-order valence-electron chi connectivity index (χ4n) is 8.55. The molecule has 0 aliphatic heterocycles. The normalized spacial score (nSPS) is 12.0. The molecule has 0 saturated carbocycles. The first kappa shape index (κ1) is 58.6. The molecule has 0 radical (unpaired) electrons. The minimum Gasteiger partial charge on any atom is -0.466 e. The molecule has 0 heterocycles. The first-order chi connectivity index (χ1) is 29.8. The van der Waals surface area contributed by atoms with Crippen molar-refractivity contribution >= 4 is 5.97 Å². The lowest BCUT2D eigenvalue weighted by Crippen LogP contribution is -2.05. The molecule has 0 aliphatic rings. The van der Waals surface area contributed by atoms with Crippen LogP contribution < -0.4 is 0 Å². The number of aliphatic hydroxyl groups is 1. The zero-order chi connectivity index (χ0) is 43.2. The number of carbonyl (C=O) groups is 1. The second-order valence-corrected chi connectivity index (χ2v) is 18.6. The Morgan fingerprint density at radius 2 is 0.600 bits per heavy atom. The van der Waals surface area contributed by atoms with Crippen molar-refractivity contribution in [3.63, 3.8) is 0 Å². The van der Waals surface area contributed by atoms with Gasteiger partial charge in [0.05, 0.1) is 6.61 Å². The van der Waals surface area contributed by atoms with Crippen molar-refractivity contribution < 1.29 is 14.6 Å². The Balaban J connectivity index is 3.16. The summed E-state index contributed by atoms with van der Waals surface area (Å²) in [6.45, 7) is 3.16. The van der Waals surface area contributed by atoms with Crippen LogP contribution in [0.4, 0.5) is 0 Å². The fraction of sp³-hybridized carbons (Fsp3) is 0.877. The fourth-order valence-corrected chi connectivity index (χ4v) is 8.55. The summed E-state index contributed by atoms with van der Waals surface area (Å²) in [7, 11) is 0. The second kappa shape index (κ2) is 55.7. The van der Waals surface area contributed by atoms with Gasteiger partial charge in [0.2, 0.25) is 0 Å². The third-order valence-corrected chi connectivity index (χ3v) is 12.6. The highest BCUT2D eigenvalue weighted by Crippen LogP contribution is 2.18. The van der Waals surface area contributed by atoms with Crippen LogP contribution in [0.3, 0.4) is 0 Å². The molecule has 0 aromatic heterocycles. The van der Waals surface area contributed by atoms with Crippen LogP contribution in [0.25, 0.3) is 0 Å². The minimum absolute atomic E-state index is 0.00951. The molecule has 3 nitrogen and oxygen atoms in total. The number of ether oxygens (including phenoxy) is 1. The molecule has 0 unspecified atom stereocenters. The van der Waals surface area contributed by atoms with Crippen molar-refractivity contribution in [2.24, 2.45) is 0 Å². The average molecular weight is 841 g/mol. The van der Waals surface area contributed by atoms with E-state index in [1.165, 1.54) is 250 Å². The van der Waals surface area contributed by atoms with Gasteiger partial charge < -0.3 is 9.84 Å². The predicted octanol–water partition coefficient (Wildman–Crippen LogP) is 19.5. The Hall–Kier alpha value is -1.35. The standard InChI is InChI=1S/C57H108O3/c1-2-3-4-5-6-7-8-9-33-36-39-42-45-48-51-54-57(59)60-56-53-50-47-44-41-38-35-32-30-28-26-24-22-20-18-16-14-12-10-11-13-15-17-19-21-23-25-27-29-31-34-37-40-43-46-49-52-55-58/h3-4,6-7,9,33,58H,2,5,8,10-32,34-56H2,1H3/b4-3-,7-6-,33-9-. The zero-order valence-corrected chi connectivity index (χ0v) is 40.9. The summed E-state index contributed by atoms with van der Waals surface area (Å²) in [4.78, 5) is 12.0. The summed E-state index contributed by atoms with van der Waals surface area (Å²) in [6, 6.07) is 0. The van der Waals surface area contributed by atoms with Crippen LogP contribution >= 0.6 is 0 Å². The van der Waals surface area contributed by atoms with Crippen molar-refractivity contribution in [2.75, 3.05) is 13.2 Å². The van der Waals surface area contributed by atoms with Gasteiger partial charge >= 0.3 is 5.97 Å². The van der Waals surface area contributed by atoms with Crippen LogP contribution in [0.5, 0.6) is 0 Å². The van der Waals surface area contributed by atoms with Gasteiger partial charge in [0, 0.05) is 13.0 Å². The first-order valence-corrected chi connectivity index (χ1v) is 27.5. The molecular weight excluding hydrogens is 733 g/mol. The van der Waals surface area contributed by atoms with Gasteiger partial charge in [0.25, 0.3) is 0 Å². The van der Waals surface area contributed by atoms with Crippen LogP contribution in [0.2, 0.25) is 0 Å². The van der Waals surface area contributed by atoms with E-state index in [9.17, 15) is 4.79 Å². The van der Waals surface area contributed by atoms with Crippen molar-refractivity contribution in [2.45, 2.75) is 309 Å². The highest BCUT2D eigenvalue weighted by molar-refractivity contribution is 5.69. The summed E-state index contributed by atoms with van der Waals surface area (Å²) in [5, 5.41) is 8.82. The molecule has 0 atom stereocenters. The van der Waals surface area contributed by atoms with Gasteiger partial charge in [-0.1, -0.05) is 287 Å². The summed E-state index contributed by atoms with van der Waals surface area (Å²) >= 11 is 0. The molecule has 0 saturated heterocycles. The number of carbonyl (C=O) groups excluding carboxylic acids is 1. The Labute approximate surface area is 377 Å². The molecule has 0 aliphatic carbocycles. The Morgan fingerprint density at radius 3 is 0.933 bits per heavy atom. The summed E-state index contributed by atoms with van der Waals surface area (Å²) in [5.74, 6) is 0.00951. The number of rotatable bonds is 52. The molecule has 0 rings (SSSR count). The van der Waals surface area contributed by atoms with Gasteiger partial charge in [0.15, 0.2) is 0 Å². The molecule has 3 heteroatoms. The van der Waals surface area contributed by atoms with Gasteiger partial charge in [-0.05, 0) is 51.4 Å². The van der Waals surface area contributed by atoms with E-state index in [4.69, 9.17) is 9.84 Å². The van der Waals surface area contributed by atoms with Gasteiger partial charge in [-0.15, -0.1) is 0 Å². The molecule has 0 spiro atoms. The largest absolute Gasteiger partial charge is 0.466 e. The van der Waals surface area contributed by atoms with E-state index in [2.05, 4.69) is 43.4 Å². The smallest absolute Gasteiger partial charge is 0.305 e.